The zero-order chi connectivity index (χ0) is 22.1. The van der Waals surface area contributed by atoms with Gasteiger partial charge in [-0.25, -0.2) is 0 Å². The monoisotopic (exact) mass is 485 g/mol. The van der Waals surface area contributed by atoms with Crippen LogP contribution in [0.2, 0.25) is 0 Å². The molecule has 3 aromatic rings. The number of ether oxygens (including phenoxy) is 1. The Bertz CT molecular complexity index is 1250. The Morgan fingerprint density at radius 1 is 0.938 bits per heavy atom. The van der Waals surface area contributed by atoms with Gasteiger partial charge in [-0.15, -0.1) is 0 Å². The standard InChI is InChI=1S/C29H28BrNO/c1-28(2)22-13-14-29(3)24(17-20-15-21(30)10-12-26(20)32-29)27(22)31-25-11-9-19(16-23(25)28)18-7-5-4-6-8-18/h4-12,15-17,22,27,31H,13-14H2,1-3H3/t22-,27+,29?/m0/s1. The first-order valence-corrected chi connectivity index (χ1v) is 12.3. The van der Waals surface area contributed by atoms with Crippen molar-refractivity contribution in [3.05, 3.63) is 87.9 Å². The number of nitrogens with one attached hydrogen (secondary N) is 1. The molecule has 3 aliphatic rings. The molecule has 0 amide bonds. The third kappa shape index (κ3) is 2.97. The zero-order valence-electron chi connectivity index (χ0n) is 18.8. The quantitative estimate of drug-likeness (QED) is 0.379. The number of fused-ring (bicyclic) bond motifs is 5. The van der Waals surface area contributed by atoms with Crippen LogP contribution in [0.15, 0.2) is 76.8 Å². The summed E-state index contributed by atoms with van der Waals surface area (Å²) in [5, 5.41) is 3.94. The topological polar surface area (TPSA) is 21.3 Å². The second-order valence-electron chi connectivity index (χ2n) is 10.2. The maximum Gasteiger partial charge on any atom is 0.130 e. The third-order valence-electron chi connectivity index (χ3n) is 7.96. The number of halogens is 1. The van der Waals surface area contributed by atoms with E-state index in [-0.39, 0.29) is 17.1 Å². The van der Waals surface area contributed by atoms with Crippen molar-refractivity contribution in [3.63, 3.8) is 0 Å². The van der Waals surface area contributed by atoms with E-state index in [1.165, 1.54) is 28.0 Å². The summed E-state index contributed by atoms with van der Waals surface area (Å²) in [6.07, 6.45) is 4.56. The molecule has 2 nitrogen and oxygen atoms in total. The van der Waals surface area contributed by atoms with Crippen molar-refractivity contribution in [1.29, 1.82) is 0 Å². The molecule has 1 unspecified atom stereocenters. The first-order valence-electron chi connectivity index (χ1n) is 11.5. The maximum atomic E-state index is 6.63. The Morgan fingerprint density at radius 3 is 2.56 bits per heavy atom. The molecule has 3 atom stereocenters. The van der Waals surface area contributed by atoms with Crippen LogP contribution in [-0.2, 0) is 5.41 Å². The average Bonchev–Trinajstić information content (AvgIpc) is 2.78. The van der Waals surface area contributed by atoms with Crippen molar-refractivity contribution in [1.82, 2.24) is 0 Å². The summed E-state index contributed by atoms with van der Waals surface area (Å²) in [5.41, 5.74) is 7.59. The summed E-state index contributed by atoms with van der Waals surface area (Å²) >= 11 is 3.63. The molecule has 162 valence electrons. The fraction of sp³-hybridized carbons (Fsp3) is 0.310. The molecule has 0 spiro atoms. The minimum absolute atomic E-state index is 0.0652. The van der Waals surface area contributed by atoms with Crippen molar-refractivity contribution < 1.29 is 4.74 Å². The molecule has 1 aliphatic carbocycles. The molecule has 3 aromatic carbocycles. The van der Waals surface area contributed by atoms with E-state index in [1.807, 2.05) is 0 Å². The van der Waals surface area contributed by atoms with E-state index in [0.29, 0.717) is 5.92 Å². The largest absolute Gasteiger partial charge is 0.482 e. The lowest BCUT2D eigenvalue weighted by Gasteiger charge is -2.55. The van der Waals surface area contributed by atoms with Crippen molar-refractivity contribution in [2.24, 2.45) is 5.92 Å². The first kappa shape index (κ1) is 20.1. The zero-order valence-corrected chi connectivity index (χ0v) is 20.4. The summed E-state index contributed by atoms with van der Waals surface area (Å²) in [6, 6.07) is 24.2. The summed E-state index contributed by atoms with van der Waals surface area (Å²) < 4.78 is 7.72. The van der Waals surface area contributed by atoms with Gasteiger partial charge in [0.25, 0.3) is 0 Å². The molecular weight excluding hydrogens is 458 g/mol. The number of rotatable bonds is 1. The van der Waals surface area contributed by atoms with E-state index in [1.54, 1.807) is 0 Å². The predicted octanol–water partition coefficient (Wildman–Crippen LogP) is 7.83. The van der Waals surface area contributed by atoms with Gasteiger partial charge in [0, 0.05) is 15.7 Å². The smallest absolute Gasteiger partial charge is 0.130 e. The van der Waals surface area contributed by atoms with Gasteiger partial charge < -0.3 is 10.1 Å². The lowest BCUT2D eigenvalue weighted by molar-refractivity contribution is 0.0603. The van der Waals surface area contributed by atoms with Crippen LogP contribution in [0.25, 0.3) is 17.2 Å². The van der Waals surface area contributed by atoms with Crippen molar-refractivity contribution in [3.8, 4) is 16.9 Å². The van der Waals surface area contributed by atoms with Gasteiger partial charge in [-0.3, -0.25) is 0 Å². The van der Waals surface area contributed by atoms with E-state index in [2.05, 4.69) is 115 Å². The Balaban J connectivity index is 1.45. The molecule has 2 heterocycles. The fourth-order valence-electron chi connectivity index (χ4n) is 6.11. The van der Waals surface area contributed by atoms with E-state index in [0.717, 1.165) is 28.6 Å². The highest BCUT2D eigenvalue weighted by atomic mass is 79.9. The van der Waals surface area contributed by atoms with Gasteiger partial charge in [0.1, 0.15) is 11.4 Å². The van der Waals surface area contributed by atoms with Gasteiger partial charge >= 0.3 is 0 Å². The lowest BCUT2D eigenvalue weighted by Crippen LogP contribution is -2.57. The molecule has 1 fully saturated rings. The molecular formula is C29H28BrNO. The van der Waals surface area contributed by atoms with E-state index in [4.69, 9.17) is 4.74 Å². The molecule has 0 saturated heterocycles. The highest BCUT2D eigenvalue weighted by Crippen LogP contribution is 2.55. The Labute approximate surface area is 198 Å². The van der Waals surface area contributed by atoms with Crippen molar-refractivity contribution >= 4 is 27.7 Å². The molecule has 6 rings (SSSR count). The summed E-state index contributed by atoms with van der Waals surface area (Å²) in [7, 11) is 0. The number of hydrogen-bond acceptors (Lipinski definition) is 2. The van der Waals surface area contributed by atoms with Gasteiger partial charge in [0.05, 0.1) is 6.04 Å². The molecule has 3 heteroatoms. The van der Waals surface area contributed by atoms with Gasteiger partial charge in [0.15, 0.2) is 0 Å². The Kier molecular flexibility index (Phi) is 4.39. The number of hydrogen-bond donors (Lipinski definition) is 1. The van der Waals surface area contributed by atoms with Gasteiger partial charge in [0.2, 0.25) is 0 Å². The van der Waals surface area contributed by atoms with Crippen LogP contribution >= 0.6 is 15.9 Å². The molecule has 32 heavy (non-hydrogen) atoms. The maximum absolute atomic E-state index is 6.63. The van der Waals surface area contributed by atoms with Crippen LogP contribution in [-0.4, -0.2) is 11.6 Å². The molecule has 0 radical (unpaired) electrons. The van der Waals surface area contributed by atoms with Gasteiger partial charge in [-0.05, 0) is 89.8 Å². The van der Waals surface area contributed by atoms with Gasteiger partial charge in [-0.2, -0.15) is 0 Å². The summed E-state index contributed by atoms with van der Waals surface area (Å²) in [4.78, 5) is 0. The van der Waals surface area contributed by atoms with Crippen LogP contribution in [0.1, 0.15) is 44.7 Å². The fourth-order valence-corrected chi connectivity index (χ4v) is 6.49. The molecule has 2 aliphatic heterocycles. The van der Waals surface area contributed by atoms with E-state index < -0.39 is 0 Å². The molecule has 0 bridgehead atoms. The SMILES string of the molecule is CC12CC[C@H]3[C@@H](Nc4ccc(-c5ccccc5)cc4C3(C)C)C1=Cc1cc(Br)ccc1O2. The van der Waals surface area contributed by atoms with Crippen LogP contribution < -0.4 is 10.1 Å². The minimum atomic E-state index is -0.257. The van der Waals surface area contributed by atoms with Crippen LogP contribution in [0.5, 0.6) is 5.75 Å². The number of anilines is 1. The van der Waals surface area contributed by atoms with E-state index in [9.17, 15) is 0 Å². The average molecular weight is 486 g/mol. The van der Waals surface area contributed by atoms with Crippen LogP contribution in [0.4, 0.5) is 5.69 Å². The second kappa shape index (κ2) is 6.99. The molecule has 1 N–H and O–H groups in total. The summed E-state index contributed by atoms with van der Waals surface area (Å²) in [5.74, 6) is 1.50. The Morgan fingerprint density at radius 2 is 1.75 bits per heavy atom. The molecule has 0 aromatic heterocycles. The highest BCUT2D eigenvalue weighted by Gasteiger charge is 2.52. The van der Waals surface area contributed by atoms with E-state index >= 15 is 0 Å². The van der Waals surface area contributed by atoms with Crippen molar-refractivity contribution in [2.45, 2.75) is 50.7 Å². The predicted molar refractivity (Wildman–Crippen MR) is 136 cm³/mol. The minimum Gasteiger partial charge on any atom is -0.482 e. The number of benzene rings is 3. The van der Waals surface area contributed by atoms with Crippen LogP contribution in [0.3, 0.4) is 0 Å². The lowest BCUT2D eigenvalue weighted by atomic mass is 9.58. The van der Waals surface area contributed by atoms with Crippen LogP contribution in [0, 0.1) is 5.92 Å². The normalized spacial score (nSPS) is 26.9. The highest BCUT2D eigenvalue weighted by molar-refractivity contribution is 9.10. The second-order valence-corrected chi connectivity index (χ2v) is 11.1. The van der Waals surface area contributed by atoms with Gasteiger partial charge in [-0.1, -0.05) is 66.2 Å². The molecule has 1 saturated carbocycles. The Hall–Kier alpha value is -2.52. The summed E-state index contributed by atoms with van der Waals surface area (Å²) in [6.45, 7) is 7.12. The first-order chi connectivity index (χ1) is 15.3. The van der Waals surface area contributed by atoms with Crippen molar-refractivity contribution in [2.75, 3.05) is 5.32 Å². The third-order valence-corrected chi connectivity index (χ3v) is 8.45.